The van der Waals surface area contributed by atoms with Gasteiger partial charge in [-0.15, -0.1) is 11.3 Å². The highest BCUT2D eigenvalue weighted by molar-refractivity contribution is 7.91. The van der Waals surface area contributed by atoms with E-state index in [9.17, 15) is 22.4 Å². The average molecular weight is 412 g/mol. The molecule has 2 heterocycles. The summed E-state index contributed by atoms with van der Waals surface area (Å²) >= 11 is 1.19. The van der Waals surface area contributed by atoms with Gasteiger partial charge in [0.2, 0.25) is 0 Å². The molecule has 1 aliphatic rings. The van der Waals surface area contributed by atoms with Gasteiger partial charge >= 0.3 is 5.97 Å². The summed E-state index contributed by atoms with van der Waals surface area (Å²) < 4.78 is 41.0. The first-order valence-corrected chi connectivity index (χ1v) is 10.8. The highest BCUT2D eigenvalue weighted by atomic mass is 32.2. The first-order valence-electron chi connectivity index (χ1n) is 8.06. The quantitative estimate of drug-likeness (QED) is 0.752. The number of benzene rings is 1. The Hall–Kier alpha value is -2.33. The molecule has 1 aliphatic heterocycles. The van der Waals surface area contributed by atoms with Crippen LogP contribution in [0.4, 0.5) is 4.39 Å². The highest BCUT2D eigenvalue weighted by Crippen LogP contribution is 2.24. The molecule has 0 saturated carbocycles. The summed E-state index contributed by atoms with van der Waals surface area (Å²) in [5.74, 6) is -1.82. The number of amides is 1. The number of esters is 1. The van der Waals surface area contributed by atoms with Gasteiger partial charge in [-0.25, -0.2) is 22.6 Å². The van der Waals surface area contributed by atoms with Crippen LogP contribution < -0.4 is 5.32 Å². The maximum atomic E-state index is 13.0. The molecule has 144 valence electrons. The van der Waals surface area contributed by atoms with Crippen LogP contribution in [-0.4, -0.2) is 48.9 Å². The molecular formula is C17H17FN2O5S2. The number of halogens is 1. The van der Waals surface area contributed by atoms with Crippen molar-refractivity contribution in [3.8, 4) is 10.6 Å². The molecule has 10 heteroatoms. The van der Waals surface area contributed by atoms with Gasteiger partial charge in [0, 0.05) is 10.9 Å². The fraction of sp³-hybridized carbons (Fsp3) is 0.353. The van der Waals surface area contributed by atoms with E-state index in [-0.39, 0.29) is 23.0 Å². The molecule has 27 heavy (non-hydrogen) atoms. The number of carbonyl (C=O) groups is 2. The van der Waals surface area contributed by atoms with Gasteiger partial charge in [-0.1, -0.05) is 0 Å². The zero-order chi connectivity index (χ0) is 19.7. The van der Waals surface area contributed by atoms with Gasteiger partial charge in [0.05, 0.1) is 17.0 Å². The largest absolute Gasteiger partial charge is 0.451 e. The van der Waals surface area contributed by atoms with Gasteiger partial charge in [-0.2, -0.15) is 0 Å². The topological polar surface area (TPSA) is 102 Å². The van der Waals surface area contributed by atoms with E-state index in [2.05, 4.69) is 10.3 Å². The Labute approximate surface area is 159 Å². The highest BCUT2D eigenvalue weighted by Gasteiger charge is 2.39. The van der Waals surface area contributed by atoms with Crippen LogP contribution in [0.5, 0.6) is 0 Å². The van der Waals surface area contributed by atoms with E-state index in [1.54, 1.807) is 19.1 Å². The number of thiazole rings is 1. The van der Waals surface area contributed by atoms with Crippen LogP contribution in [0.3, 0.4) is 0 Å². The zero-order valence-electron chi connectivity index (χ0n) is 14.4. The molecule has 0 bridgehead atoms. The third-order valence-corrected chi connectivity index (χ3v) is 6.88. The lowest BCUT2D eigenvalue weighted by molar-refractivity contribution is -0.125. The molecule has 2 aromatic rings. The molecule has 1 atom stereocenters. The molecule has 1 aromatic heterocycles. The fourth-order valence-corrected chi connectivity index (χ4v) is 5.67. The Kier molecular flexibility index (Phi) is 5.29. The summed E-state index contributed by atoms with van der Waals surface area (Å²) in [4.78, 5) is 28.2. The van der Waals surface area contributed by atoms with Crippen molar-refractivity contribution in [1.29, 1.82) is 0 Å². The second-order valence-corrected chi connectivity index (χ2v) is 9.61. The van der Waals surface area contributed by atoms with Crippen molar-refractivity contribution in [2.24, 2.45) is 0 Å². The summed E-state index contributed by atoms with van der Waals surface area (Å²) in [7, 11) is -3.15. The van der Waals surface area contributed by atoms with Crippen LogP contribution in [0.15, 0.2) is 29.6 Å². The Morgan fingerprint density at radius 3 is 2.67 bits per heavy atom. The van der Waals surface area contributed by atoms with E-state index in [1.807, 2.05) is 0 Å². The summed E-state index contributed by atoms with van der Waals surface area (Å²) in [6.45, 7) is 1.12. The van der Waals surface area contributed by atoms with Gasteiger partial charge in [0.25, 0.3) is 5.91 Å². The standard InChI is InChI=1S/C17H17FN2O5S2/c1-17(6-7-27(23,24)10-17)20-14(21)8-25-16(22)13-9-26-15(19-13)11-2-4-12(18)5-3-11/h2-5,9H,6-8,10H2,1H3,(H,20,21)/t17-/m1/s1. The minimum atomic E-state index is -3.15. The molecule has 0 spiro atoms. The Morgan fingerprint density at radius 1 is 1.33 bits per heavy atom. The lowest BCUT2D eigenvalue weighted by Crippen LogP contribution is -2.48. The second kappa shape index (κ2) is 7.35. The van der Waals surface area contributed by atoms with E-state index in [4.69, 9.17) is 4.74 Å². The maximum absolute atomic E-state index is 13.0. The number of sulfone groups is 1. The lowest BCUT2D eigenvalue weighted by atomic mass is 10.0. The number of nitrogens with zero attached hydrogens (tertiary/aromatic N) is 1. The molecule has 0 radical (unpaired) electrons. The Balaban J connectivity index is 1.55. The molecule has 1 saturated heterocycles. The number of hydrogen-bond donors (Lipinski definition) is 1. The molecule has 1 fully saturated rings. The molecule has 1 amide bonds. The number of carbonyl (C=O) groups excluding carboxylic acids is 2. The third-order valence-electron chi connectivity index (χ3n) is 4.08. The van der Waals surface area contributed by atoms with Crippen LogP contribution in [0.1, 0.15) is 23.8 Å². The predicted octanol–water partition coefficient (Wildman–Crippen LogP) is 1.80. The Bertz CT molecular complexity index is 971. The SMILES string of the molecule is C[C@@]1(NC(=O)COC(=O)c2csc(-c3ccc(F)cc3)n2)CCS(=O)(=O)C1. The first-order chi connectivity index (χ1) is 12.7. The number of ether oxygens (including phenoxy) is 1. The number of hydrogen-bond acceptors (Lipinski definition) is 7. The van der Waals surface area contributed by atoms with E-state index in [1.165, 1.54) is 28.8 Å². The van der Waals surface area contributed by atoms with Crippen molar-refractivity contribution in [2.45, 2.75) is 18.9 Å². The second-order valence-electron chi connectivity index (χ2n) is 6.57. The zero-order valence-corrected chi connectivity index (χ0v) is 16.0. The van der Waals surface area contributed by atoms with Gasteiger partial charge in [0.15, 0.2) is 22.1 Å². The van der Waals surface area contributed by atoms with Crippen molar-refractivity contribution in [2.75, 3.05) is 18.1 Å². The van der Waals surface area contributed by atoms with Crippen LogP contribution >= 0.6 is 11.3 Å². The van der Waals surface area contributed by atoms with E-state index in [0.29, 0.717) is 17.0 Å². The number of rotatable bonds is 5. The van der Waals surface area contributed by atoms with E-state index in [0.717, 1.165) is 0 Å². The van der Waals surface area contributed by atoms with Crippen molar-refractivity contribution in [1.82, 2.24) is 10.3 Å². The average Bonchev–Trinajstić information content (AvgIpc) is 3.18. The number of aromatic nitrogens is 1. The summed E-state index contributed by atoms with van der Waals surface area (Å²) in [6, 6.07) is 5.69. The first kappa shape index (κ1) is 19.4. The smallest absolute Gasteiger partial charge is 0.358 e. The minimum absolute atomic E-state index is 0.0224. The predicted molar refractivity (Wildman–Crippen MR) is 97.6 cm³/mol. The molecule has 3 rings (SSSR count). The monoisotopic (exact) mass is 412 g/mol. The molecule has 1 aromatic carbocycles. The maximum Gasteiger partial charge on any atom is 0.358 e. The van der Waals surface area contributed by atoms with Crippen LogP contribution in [0, 0.1) is 5.82 Å². The van der Waals surface area contributed by atoms with Crippen molar-refractivity contribution in [3.63, 3.8) is 0 Å². The third kappa shape index (κ3) is 4.89. The summed E-state index contributed by atoms with van der Waals surface area (Å²) in [6.07, 6.45) is 0.322. The van der Waals surface area contributed by atoms with Gasteiger partial charge in [0.1, 0.15) is 10.8 Å². The molecule has 1 N–H and O–H groups in total. The molecule has 0 unspecified atom stereocenters. The van der Waals surface area contributed by atoms with Crippen LogP contribution in [0.2, 0.25) is 0 Å². The summed E-state index contributed by atoms with van der Waals surface area (Å²) in [5, 5.41) is 4.62. The van der Waals surface area contributed by atoms with Crippen molar-refractivity contribution >= 4 is 33.1 Å². The van der Waals surface area contributed by atoms with E-state index < -0.39 is 33.9 Å². The fourth-order valence-electron chi connectivity index (χ4n) is 2.78. The summed E-state index contributed by atoms with van der Waals surface area (Å²) in [5.41, 5.74) is -0.144. The van der Waals surface area contributed by atoms with Crippen molar-refractivity contribution < 1.29 is 27.1 Å². The molecule has 7 nitrogen and oxygen atoms in total. The molecule has 0 aliphatic carbocycles. The molecular weight excluding hydrogens is 395 g/mol. The Morgan fingerprint density at radius 2 is 2.04 bits per heavy atom. The van der Waals surface area contributed by atoms with Crippen molar-refractivity contribution in [3.05, 3.63) is 41.2 Å². The van der Waals surface area contributed by atoms with Crippen LogP contribution in [0.25, 0.3) is 10.6 Å². The normalized spacial score (nSPS) is 21.0. The van der Waals surface area contributed by atoms with Gasteiger partial charge in [-0.05, 0) is 37.6 Å². The van der Waals surface area contributed by atoms with Gasteiger partial charge in [-0.3, -0.25) is 4.79 Å². The lowest BCUT2D eigenvalue weighted by Gasteiger charge is -2.23. The van der Waals surface area contributed by atoms with Gasteiger partial charge < -0.3 is 10.1 Å². The minimum Gasteiger partial charge on any atom is -0.451 e. The van der Waals surface area contributed by atoms with Crippen LogP contribution in [-0.2, 0) is 19.4 Å². The number of nitrogens with one attached hydrogen (secondary N) is 1. The van der Waals surface area contributed by atoms with E-state index >= 15 is 0 Å².